The average molecular weight is 293 g/mol. The summed E-state index contributed by atoms with van der Waals surface area (Å²) in [4.78, 5) is 0.221. The Hall–Kier alpha value is -1.82. The standard InChI is InChI=1S/C14H19N3O2S/c1-4-12-6-8-13(9-7-12)16-20(18,19)14-10-17(5-2)15-11(14)3/h6-10,16H,4-5H2,1-3H3. The molecular weight excluding hydrogens is 274 g/mol. The molecule has 0 atom stereocenters. The monoisotopic (exact) mass is 293 g/mol. The summed E-state index contributed by atoms with van der Waals surface area (Å²) >= 11 is 0. The zero-order chi connectivity index (χ0) is 14.8. The molecule has 2 rings (SSSR count). The molecule has 5 nitrogen and oxygen atoms in total. The maximum Gasteiger partial charge on any atom is 0.265 e. The van der Waals surface area contributed by atoms with Gasteiger partial charge in [-0.2, -0.15) is 5.10 Å². The van der Waals surface area contributed by atoms with Gasteiger partial charge >= 0.3 is 0 Å². The Morgan fingerprint density at radius 2 is 1.85 bits per heavy atom. The molecule has 1 aromatic carbocycles. The first kappa shape index (κ1) is 14.6. The molecule has 0 aliphatic heterocycles. The summed E-state index contributed by atoms with van der Waals surface area (Å²) in [6, 6.07) is 7.38. The number of rotatable bonds is 5. The van der Waals surface area contributed by atoms with Gasteiger partial charge in [-0.25, -0.2) is 8.42 Å². The molecule has 20 heavy (non-hydrogen) atoms. The number of sulfonamides is 1. The third-order valence-corrected chi connectivity index (χ3v) is 4.61. The van der Waals surface area contributed by atoms with Crippen LogP contribution in [-0.4, -0.2) is 18.2 Å². The van der Waals surface area contributed by atoms with Crippen molar-refractivity contribution < 1.29 is 8.42 Å². The highest BCUT2D eigenvalue weighted by Crippen LogP contribution is 2.19. The Bertz CT molecular complexity index is 688. The number of nitrogens with one attached hydrogen (secondary N) is 1. The molecule has 0 fully saturated rings. The Kier molecular flexibility index (Phi) is 4.13. The maximum absolute atomic E-state index is 12.3. The molecule has 108 valence electrons. The van der Waals surface area contributed by atoms with Gasteiger partial charge in [0.1, 0.15) is 4.90 Å². The van der Waals surface area contributed by atoms with Crippen molar-refractivity contribution in [2.45, 2.75) is 38.6 Å². The first-order chi connectivity index (χ1) is 9.46. The number of aromatic nitrogens is 2. The fourth-order valence-electron chi connectivity index (χ4n) is 1.94. The van der Waals surface area contributed by atoms with E-state index in [0.29, 0.717) is 17.9 Å². The third kappa shape index (κ3) is 3.01. The number of benzene rings is 1. The zero-order valence-electron chi connectivity index (χ0n) is 11.9. The molecule has 0 aliphatic carbocycles. The van der Waals surface area contributed by atoms with Gasteiger partial charge in [0.15, 0.2) is 0 Å². The van der Waals surface area contributed by atoms with Crippen LogP contribution in [0, 0.1) is 6.92 Å². The Morgan fingerprint density at radius 3 is 2.35 bits per heavy atom. The van der Waals surface area contributed by atoms with Crippen molar-refractivity contribution >= 4 is 15.7 Å². The minimum atomic E-state index is -3.59. The molecule has 0 bridgehead atoms. The Morgan fingerprint density at radius 1 is 1.20 bits per heavy atom. The summed E-state index contributed by atoms with van der Waals surface area (Å²) in [6.45, 7) is 6.31. The third-order valence-electron chi connectivity index (χ3n) is 3.13. The summed E-state index contributed by atoms with van der Waals surface area (Å²) in [5.74, 6) is 0. The van der Waals surface area contributed by atoms with E-state index < -0.39 is 10.0 Å². The molecule has 0 radical (unpaired) electrons. The summed E-state index contributed by atoms with van der Waals surface area (Å²) in [5.41, 5.74) is 2.23. The van der Waals surface area contributed by atoms with Crippen molar-refractivity contribution in [3.63, 3.8) is 0 Å². The van der Waals surface area contributed by atoms with Crippen molar-refractivity contribution in [1.82, 2.24) is 9.78 Å². The van der Waals surface area contributed by atoms with E-state index in [1.165, 1.54) is 5.56 Å². The van der Waals surface area contributed by atoms with Gasteiger partial charge in [0.25, 0.3) is 10.0 Å². The molecule has 2 aromatic rings. The van der Waals surface area contributed by atoms with Crippen LogP contribution in [0.25, 0.3) is 0 Å². The molecule has 6 heteroatoms. The van der Waals surface area contributed by atoms with E-state index in [9.17, 15) is 8.42 Å². The van der Waals surface area contributed by atoms with Gasteiger partial charge in [-0.15, -0.1) is 0 Å². The molecule has 0 amide bonds. The van der Waals surface area contributed by atoms with E-state index in [1.54, 1.807) is 29.9 Å². The lowest BCUT2D eigenvalue weighted by Gasteiger charge is -2.07. The Labute approximate surface area is 119 Å². The first-order valence-corrected chi connectivity index (χ1v) is 8.10. The van der Waals surface area contributed by atoms with Crippen LogP contribution in [0.3, 0.4) is 0 Å². The fraction of sp³-hybridized carbons (Fsp3) is 0.357. The van der Waals surface area contributed by atoms with Crippen LogP contribution < -0.4 is 4.72 Å². The lowest BCUT2D eigenvalue weighted by atomic mass is 10.2. The maximum atomic E-state index is 12.3. The summed E-state index contributed by atoms with van der Waals surface area (Å²) < 4.78 is 28.9. The second kappa shape index (κ2) is 5.66. The van der Waals surface area contributed by atoms with Crippen molar-refractivity contribution in [2.24, 2.45) is 0 Å². The molecule has 0 saturated carbocycles. The minimum absolute atomic E-state index is 0.221. The van der Waals surface area contributed by atoms with Crippen LogP contribution in [-0.2, 0) is 23.0 Å². The lowest BCUT2D eigenvalue weighted by molar-refractivity contribution is 0.600. The van der Waals surface area contributed by atoms with Gasteiger partial charge in [0.2, 0.25) is 0 Å². The topological polar surface area (TPSA) is 64.0 Å². The van der Waals surface area contributed by atoms with Crippen LogP contribution in [0.5, 0.6) is 0 Å². The summed E-state index contributed by atoms with van der Waals surface area (Å²) in [6.07, 6.45) is 2.48. The molecule has 0 saturated heterocycles. The molecule has 1 N–H and O–H groups in total. The molecular formula is C14H19N3O2S. The van der Waals surface area contributed by atoms with E-state index >= 15 is 0 Å². The van der Waals surface area contributed by atoms with Gasteiger partial charge in [-0.05, 0) is 38.0 Å². The highest BCUT2D eigenvalue weighted by Gasteiger charge is 2.20. The van der Waals surface area contributed by atoms with E-state index in [1.807, 2.05) is 19.1 Å². The predicted octanol–water partition coefficient (Wildman–Crippen LogP) is 2.57. The SMILES string of the molecule is CCc1ccc(NS(=O)(=O)c2cn(CC)nc2C)cc1. The van der Waals surface area contributed by atoms with Crippen LogP contribution in [0.1, 0.15) is 25.1 Å². The van der Waals surface area contributed by atoms with E-state index in [-0.39, 0.29) is 4.90 Å². The highest BCUT2D eigenvalue weighted by molar-refractivity contribution is 7.92. The van der Waals surface area contributed by atoms with E-state index in [0.717, 1.165) is 6.42 Å². The fourth-order valence-corrected chi connectivity index (χ4v) is 3.19. The van der Waals surface area contributed by atoms with Crippen molar-refractivity contribution in [3.8, 4) is 0 Å². The average Bonchev–Trinajstić information content (AvgIpc) is 2.81. The van der Waals surface area contributed by atoms with Crippen molar-refractivity contribution in [1.29, 1.82) is 0 Å². The predicted molar refractivity (Wildman–Crippen MR) is 79.3 cm³/mol. The van der Waals surface area contributed by atoms with Gasteiger partial charge in [-0.3, -0.25) is 9.40 Å². The van der Waals surface area contributed by atoms with Gasteiger partial charge in [0, 0.05) is 18.4 Å². The Balaban J connectivity index is 2.27. The highest BCUT2D eigenvalue weighted by atomic mass is 32.2. The van der Waals surface area contributed by atoms with Crippen molar-refractivity contribution in [2.75, 3.05) is 4.72 Å². The second-order valence-corrected chi connectivity index (χ2v) is 6.24. The smallest absolute Gasteiger partial charge is 0.265 e. The van der Waals surface area contributed by atoms with Crippen molar-refractivity contribution in [3.05, 3.63) is 41.7 Å². The second-order valence-electron chi connectivity index (χ2n) is 4.59. The number of hydrogen-bond donors (Lipinski definition) is 1. The van der Waals surface area contributed by atoms with Gasteiger partial charge in [0.05, 0.1) is 5.69 Å². The van der Waals surface area contributed by atoms with Crippen LogP contribution in [0.2, 0.25) is 0 Å². The van der Waals surface area contributed by atoms with E-state index in [4.69, 9.17) is 0 Å². The van der Waals surface area contributed by atoms with Crippen LogP contribution in [0.4, 0.5) is 5.69 Å². The largest absolute Gasteiger partial charge is 0.280 e. The van der Waals surface area contributed by atoms with Gasteiger partial charge < -0.3 is 0 Å². The molecule has 1 aromatic heterocycles. The zero-order valence-corrected chi connectivity index (χ0v) is 12.7. The quantitative estimate of drug-likeness (QED) is 0.921. The lowest BCUT2D eigenvalue weighted by Crippen LogP contribution is -2.13. The number of aryl methyl sites for hydroxylation is 3. The minimum Gasteiger partial charge on any atom is -0.280 e. The summed E-state index contributed by atoms with van der Waals surface area (Å²) in [5, 5.41) is 4.16. The molecule has 0 unspecified atom stereocenters. The molecule has 0 spiro atoms. The normalized spacial score (nSPS) is 11.6. The number of hydrogen-bond acceptors (Lipinski definition) is 3. The number of nitrogens with zero attached hydrogens (tertiary/aromatic N) is 2. The molecule has 1 heterocycles. The van der Waals surface area contributed by atoms with Gasteiger partial charge in [-0.1, -0.05) is 19.1 Å². The number of anilines is 1. The van der Waals surface area contributed by atoms with Crippen LogP contribution in [0.15, 0.2) is 35.4 Å². The summed E-state index contributed by atoms with van der Waals surface area (Å²) in [7, 11) is -3.59. The van der Waals surface area contributed by atoms with E-state index in [2.05, 4.69) is 16.7 Å². The van der Waals surface area contributed by atoms with Crippen LogP contribution >= 0.6 is 0 Å². The molecule has 0 aliphatic rings. The first-order valence-electron chi connectivity index (χ1n) is 6.62.